The number of benzene rings is 1. The van der Waals surface area contributed by atoms with Crippen LogP contribution in [0.1, 0.15) is 40.6 Å². The molecule has 0 aliphatic heterocycles. The molecule has 1 fully saturated rings. The van der Waals surface area contributed by atoms with Crippen LogP contribution in [-0.2, 0) is 6.54 Å². The highest BCUT2D eigenvalue weighted by atomic mass is 32.1. The lowest BCUT2D eigenvalue weighted by atomic mass is 10.1. The lowest BCUT2D eigenvalue weighted by Gasteiger charge is -2.29. The summed E-state index contributed by atoms with van der Waals surface area (Å²) in [6, 6.07) is 12.6. The molecular weight excluding hydrogens is 278 g/mol. The highest BCUT2D eigenvalue weighted by molar-refractivity contribution is 7.12. The van der Waals surface area contributed by atoms with E-state index in [2.05, 4.69) is 24.0 Å². The van der Waals surface area contributed by atoms with Crippen LogP contribution in [0, 0.1) is 12.8 Å². The molecule has 1 aliphatic carbocycles. The highest BCUT2D eigenvalue weighted by Gasteiger charge is 2.35. The van der Waals surface area contributed by atoms with Gasteiger partial charge < -0.3 is 4.90 Å². The number of hydrogen-bond donors (Lipinski definition) is 0. The monoisotopic (exact) mass is 299 g/mol. The normalized spacial score (nSPS) is 15.7. The standard InChI is InChI=1S/C18H21NOS/c1-13-10-11-21-17(13)18(20)19(14(2)16-8-9-16)12-15-6-4-3-5-7-15/h3-7,10-11,14,16H,8-9,12H2,1-2H3. The Morgan fingerprint density at radius 2 is 2.00 bits per heavy atom. The van der Waals surface area contributed by atoms with Crippen LogP contribution in [-0.4, -0.2) is 16.8 Å². The molecule has 0 saturated heterocycles. The van der Waals surface area contributed by atoms with Gasteiger partial charge >= 0.3 is 0 Å². The van der Waals surface area contributed by atoms with E-state index in [1.165, 1.54) is 18.4 Å². The first-order valence-corrected chi connectivity index (χ1v) is 8.44. The number of nitrogens with zero attached hydrogens (tertiary/aromatic N) is 1. The largest absolute Gasteiger partial charge is 0.331 e. The zero-order valence-electron chi connectivity index (χ0n) is 12.6. The van der Waals surface area contributed by atoms with Gasteiger partial charge in [0.15, 0.2) is 0 Å². The van der Waals surface area contributed by atoms with Crippen LogP contribution in [0.2, 0.25) is 0 Å². The van der Waals surface area contributed by atoms with E-state index in [9.17, 15) is 4.79 Å². The Labute approximate surface area is 130 Å². The molecule has 1 aromatic heterocycles. The Balaban J connectivity index is 1.85. The first-order valence-electron chi connectivity index (χ1n) is 7.56. The van der Waals surface area contributed by atoms with Crippen LogP contribution in [0.15, 0.2) is 41.8 Å². The topological polar surface area (TPSA) is 20.3 Å². The Bertz CT molecular complexity index is 615. The summed E-state index contributed by atoms with van der Waals surface area (Å²) in [5.41, 5.74) is 2.29. The zero-order chi connectivity index (χ0) is 14.8. The molecule has 0 spiro atoms. The van der Waals surface area contributed by atoms with Gasteiger partial charge in [0, 0.05) is 12.6 Å². The van der Waals surface area contributed by atoms with Crippen molar-refractivity contribution < 1.29 is 4.79 Å². The fourth-order valence-electron chi connectivity index (χ4n) is 2.74. The van der Waals surface area contributed by atoms with Gasteiger partial charge in [0.25, 0.3) is 5.91 Å². The number of rotatable bonds is 5. The van der Waals surface area contributed by atoms with Crippen LogP contribution in [0.25, 0.3) is 0 Å². The van der Waals surface area contributed by atoms with E-state index in [4.69, 9.17) is 0 Å². The van der Waals surface area contributed by atoms with Gasteiger partial charge in [-0.1, -0.05) is 30.3 Å². The van der Waals surface area contributed by atoms with E-state index in [-0.39, 0.29) is 5.91 Å². The summed E-state index contributed by atoms with van der Waals surface area (Å²) in [6.45, 7) is 4.92. The summed E-state index contributed by atoms with van der Waals surface area (Å²) in [5.74, 6) is 0.865. The second-order valence-corrected chi connectivity index (χ2v) is 6.85. The first kappa shape index (κ1) is 14.3. The van der Waals surface area contributed by atoms with Gasteiger partial charge in [0.05, 0.1) is 4.88 Å². The summed E-state index contributed by atoms with van der Waals surface area (Å²) < 4.78 is 0. The summed E-state index contributed by atoms with van der Waals surface area (Å²) >= 11 is 1.55. The molecule has 0 radical (unpaired) electrons. The molecular formula is C18H21NOS. The highest BCUT2D eigenvalue weighted by Crippen LogP contribution is 2.36. The second-order valence-electron chi connectivity index (χ2n) is 5.93. The third kappa shape index (κ3) is 3.18. The maximum Gasteiger partial charge on any atom is 0.264 e. The Morgan fingerprint density at radius 3 is 2.57 bits per heavy atom. The van der Waals surface area contributed by atoms with Crippen LogP contribution in [0.3, 0.4) is 0 Å². The lowest BCUT2D eigenvalue weighted by Crippen LogP contribution is -2.39. The molecule has 2 nitrogen and oxygen atoms in total. The van der Waals surface area contributed by atoms with Crippen LogP contribution < -0.4 is 0 Å². The average molecular weight is 299 g/mol. The molecule has 3 heteroatoms. The van der Waals surface area contributed by atoms with E-state index in [1.54, 1.807) is 11.3 Å². The minimum Gasteiger partial charge on any atom is -0.331 e. The molecule has 1 amide bonds. The summed E-state index contributed by atoms with van der Waals surface area (Å²) in [7, 11) is 0. The second kappa shape index (κ2) is 6.02. The van der Waals surface area contributed by atoms with Crippen molar-refractivity contribution in [3.05, 3.63) is 57.8 Å². The molecule has 3 rings (SSSR count). The molecule has 0 bridgehead atoms. The number of aryl methyl sites for hydroxylation is 1. The number of carbonyl (C=O) groups is 1. The van der Waals surface area contributed by atoms with Gasteiger partial charge in [0.1, 0.15) is 0 Å². The molecule has 1 aromatic carbocycles. The first-order chi connectivity index (χ1) is 10.2. The third-order valence-corrected chi connectivity index (χ3v) is 5.31. The van der Waals surface area contributed by atoms with Crippen molar-refractivity contribution >= 4 is 17.2 Å². The van der Waals surface area contributed by atoms with Crippen molar-refractivity contribution in [1.82, 2.24) is 4.90 Å². The van der Waals surface area contributed by atoms with Crippen molar-refractivity contribution in [3.63, 3.8) is 0 Å². The smallest absolute Gasteiger partial charge is 0.264 e. The van der Waals surface area contributed by atoms with E-state index in [0.29, 0.717) is 18.5 Å². The number of thiophene rings is 1. The molecule has 1 saturated carbocycles. The van der Waals surface area contributed by atoms with Gasteiger partial charge in [-0.05, 0) is 55.2 Å². The Hall–Kier alpha value is -1.61. The fourth-order valence-corrected chi connectivity index (χ4v) is 3.62. The third-order valence-electron chi connectivity index (χ3n) is 4.31. The predicted octanol–water partition coefficient (Wildman–Crippen LogP) is 4.50. The van der Waals surface area contributed by atoms with Crippen molar-refractivity contribution in [3.8, 4) is 0 Å². The lowest BCUT2D eigenvalue weighted by molar-refractivity contribution is 0.0658. The van der Waals surface area contributed by atoms with Crippen molar-refractivity contribution in [2.24, 2.45) is 5.92 Å². The summed E-state index contributed by atoms with van der Waals surface area (Å²) in [4.78, 5) is 15.9. The van der Waals surface area contributed by atoms with Gasteiger partial charge in [-0.2, -0.15) is 0 Å². The van der Waals surface area contributed by atoms with E-state index < -0.39 is 0 Å². The minimum atomic E-state index is 0.186. The van der Waals surface area contributed by atoms with Crippen LogP contribution >= 0.6 is 11.3 Å². The number of carbonyl (C=O) groups excluding carboxylic acids is 1. The molecule has 1 heterocycles. The van der Waals surface area contributed by atoms with Gasteiger partial charge in [-0.15, -0.1) is 11.3 Å². The molecule has 110 valence electrons. The predicted molar refractivity (Wildman–Crippen MR) is 87.6 cm³/mol. The van der Waals surface area contributed by atoms with Crippen molar-refractivity contribution in [1.29, 1.82) is 0 Å². The van der Waals surface area contributed by atoms with Crippen molar-refractivity contribution in [2.75, 3.05) is 0 Å². The molecule has 2 aromatic rings. The average Bonchev–Trinajstić information content (AvgIpc) is 3.26. The number of amides is 1. The van der Waals surface area contributed by atoms with E-state index in [0.717, 1.165) is 10.4 Å². The molecule has 21 heavy (non-hydrogen) atoms. The van der Waals surface area contributed by atoms with Gasteiger partial charge in [-0.25, -0.2) is 0 Å². The van der Waals surface area contributed by atoms with Crippen molar-refractivity contribution in [2.45, 2.75) is 39.3 Å². The van der Waals surface area contributed by atoms with E-state index in [1.807, 2.05) is 36.6 Å². The van der Waals surface area contributed by atoms with Gasteiger partial charge in [0.2, 0.25) is 0 Å². The Kier molecular flexibility index (Phi) is 4.11. The zero-order valence-corrected chi connectivity index (χ0v) is 13.4. The molecule has 1 atom stereocenters. The minimum absolute atomic E-state index is 0.186. The summed E-state index contributed by atoms with van der Waals surface area (Å²) in [5, 5.41) is 2.01. The summed E-state index contributed by atoms with van der Waals surface area (Å²) in [6.07, 6.45) is 2.51. The van der Waals surface area contributed by atoms with Crippen LogP contribution in [0.5, 0.6) is 0 Å². The van der Waals surface area contributed by atoms with E-state index >= 15 is 0 Å². The number of hydrogen-bond acceptors (Lipinski definition) is 2. The SMILES string of the molecule is Cc1ccsc1C(=O)N(Cc1ccccc1)C(C)C1CC1. The van der Waals surface area contributed by atoms with Crippen LogP contribution in [0.4, 0.5) is 0 Å². The molecule has 0 N–H and O–H groups in total. The van der Waals surface area contributed by atoms with Gasteiger partial charge in [-0.3, -0.25) is 4.79 Å². The quantitative estimate of drug-likeness (QED) is 0.796. The molecule has 1 unspecified atom stereocenters. The maximum atomic E-state index is 12.9. The maximum absolute atomic E-state index is 12.9. The fraction of sp³-hybridized carbons (Fsp3) is 0.389. The Morgan fingerprint density at radius 1 is 1.29 bits per heavy atom. The molecule has 1 aliphatic rings.